The highest BCUT2D eigenvalue weighted by Gasteiger charge is 1.97. The van der Waals surface area contributed by atoms with Crippen molar-refractivity contribution in [3.63, 3.8) is 0 Å². The predicted octanol–water partition coefficient (Wildman–Crippen LogP) is 6.41. The summed E-state index contributed by atoms with van der Waals surface area (Å²) in [6.45, 7) is 10.8. The molecule has 0 N–H and O–H groups in total. The third kappa shape index (κ3) is 13.9. The van der Waals surface area contributed by atoms with Crippen LogP contribution in [0, 0.1) is 0 Å². The van der Waals surface area contributed by atoms with Crippen LogP contribution in [0.3, 0.4) is 0 Å². The maximum Gasteiger partial charge on any atom is -0.00218 e. The van der Waals surface area contributed by atoms with Crippen LogP contribution in [-0.4, -0.2) is 25.0 Å². The number of hydrogen-bond acceptors (Lipinski definition) is 1. The number of hydrogen-bond donors (Lipinski definition) is 0. The first-order valence-corrected chi connectivity index (χ1v) is 9.10. The second-order valence-corrected chi connectivity index (χ2v) is 6.04. The zero-order chi connectivity index (χ0) is 16.5. The molecule has 22 heavy (non-hydrogen) atoms. The molecule has 126 valence electrons. The molecule has 1 heteroatoms. The quantitative estimate of drug-likeness (QED) is 0.427. The lowest BCUT2D eigenvalue weighted by Crippen LogP contribution is -2.20. The first-order chi connectivity index (χ1) is 10.7. The van der Waals surface area contributed by atoms with Crippen molar-refractivity contribution >= 4 is 6.08 Å². The molecule has 1 rings (SSSR count). The molecule has 1 aromatic rings. The first kappa shape index (κ1) is 20.9. The monoisotopic (exact) mass is 303 g/mol. The van der Waals surface area contributed by atoms with E-state index in [1.807, 2.05) is 36.4 Å². The van der Waals surface area contributed by atoms with Crippen molar-refractivity contribution < 1.29 is 0 Å². The van der Waals surface area contributed by atoms with Crippen molar-refractivity contribution in [2.75, 3.05) is 20.1 Å². The van der Waals surface area contributed by atoms with Gasteiger partial charge in [0.2, 0.25) is 0 Å². The van der Waals surface area contributed by atoms with Gasteiger partial charge in [0.25, 0.3) is 0 Å². The molecule has 0 aliphatic heterocycles. The summed E-state index contributed by atoms with van der Waals surface area (Å²) in [5.41, 5.74) is 1.17. The molecule has 0 bridgehead atoms. The third-order valence-electron chi connectivity index (χ3n) is 3.82. The van der Waals surface area contributed by atoms with Gasteiger partial charge < -0.3 is 4.90 Å². The van der Waals surface area contributed by atoms with Gasteiger partial charge in [-0.3, -0.25) is 0 Å². The molecule has 0 aromatic heterocycles. The van der Waals surface area contributed by atoms with Crippen molar-refractivity contribution in [3.05, 3.63) is 42.5 Å². The van der Waals surface area contributed by atoms with Crippen molar-refractivity contribution in [2.24, 2.45) is 0 Å². The van der Waals surface area contributed by atoms with E-state index in [1.165, 1.54) is 70.0 Å². The van der Waals surface area contributed by atoms with Gasteiger partial charge in [-0.05, 0) is 38.5 Å². The molecule has 0 spiro atoms. The SMILES string of the molecule is C=Cc1ccccc1.CCCCCCN(C)CCCCCC. The Bertz CT molecular complexity index is 319. The largest absolute Gasteiger partial charge is 0.306 e. The van der Waals surface area contributed by atoms with E-state index < -0.39 is 0 Å². The minimum Gasteiger partial charge on any atom is -0.306 e. The summed E-state index contributed by atoms with van der Waals surface area (Å²) in [5.74, 6) is 0. The average Bonchev–Trinajstić information content (AvgIpc) is 2.57. The Kier molecular flexibility index (Phi) is 15.5. The van der Waals surface area contributed by atoms with Crippen LogP contribution in [0.1, 0.15) is 70.8 Å². The number of nitrogens with zero attached hydrogens (tertiary/aromatic N) is 1. The molecule has 0 aliphatic carbocycles. The van der Waals surface area contributed by atoms with E-state index in [1.54, 1.807) is 0 Å². The van der Waals surface area contributed by atoms with Crippen LogP contribution in [0.5, 0.6) is 0 Å². The Morgan fingerprint density at radius 1 is 0.818 bits per heavy atom. The molecular weight excluding hydrogens is 266 g/mol. The van der Waals surface area contributed by atoms with Crippen molar-refractivity contribution in [1.82, 2.24) is 4.90 Å². The van der Waals surface area contributed by atoms with E-state index in [4.69, 9.17) is 0 Å². The summed E-state index contributed by atoms with van der Waals surface area (Å²) < 4.78 is 0. The molecule has 0 unspecified atom stereocenters. The van der Waals surface area contributed by atoms with Gasteiger partial charge in [-0.15, -0.1) is 0 Å². The fourth-order valence-electron chi connectivity index (χ4n) is 2.32. The van der Waals surface area contributed by atoms with Gasteiger partial charge in [-0.2, -0.15) is 0 Å². The highest BCUT2D eigenvalue weighted by molar-refractivity contribution is 5.45. The fraction of sp³-hybridized carbons (Fsp3) is 0.619. The average molecular weight is 304 g/mol. The molecule has 0 radical (unpaired) electrons. The molecule has 0 heterocycles. The first-order valence-electron chi connectivity index (χ1n) is 9.10. The molecule has 0 saturated heterocycles. The lowest BCUT2D eigenvalue weighted by molar-refractivity contribution is 0.315. The van der Waals surface area contributed by atoms with Crippen LogP contribution >= 0.6 is 0 Å². The van der Waals surface area contributed by atoms with Crippen LogP contribution in [0.15, 0.2) is 36.9 Å². The maximum absolute atomic E-state index is 3.63. The van der Waals surface area contributed by atoms with E-state index in [-0.39, 0.29) is 0 Å². The fourth-order valence-corrected chi connectivity index (χ4v) is 2.32. The van der Waals surface area contributed by atoms with Gasteiger partial charge in [0.05, 0.1) is 0 Å². The van der Waals surface area contributed by atoms with E-state index in [9.17, 15) is 0 Å². The topological polar surface area (TPSA) is 3.24 Å². The lowest BCUT2D eigenvalue weighted by Gasteiger charge is -2.15. The van der Waals surface area contributed by atoms with E-state index in [0.717, 1.165) is 0 Å². The molecule has 0 aliphatic rings. The smallest absolute Gasteiger partial charge is 0.00218 e. The molecule has 0 atom stereocenters. The third-order valence-corrected chi connectivity index (χ3v) is 3.82. The van der Waals surface area contributed by atoms with E-state index in [2.05, 4.69) is 32.4 Å². The standard InChI is InChI=1S/C13H29N.C8H8/c1-4-6-8-10-12-14(3)13-11-9-7-5-2;1-2-8-6-4-3-5-7-8/h4-13H2,1-3H3;2-7H,1H2. The summed E-state index contributed by atoms with van der Waals surface area (Å²) in [6.07, 6.45) is 12.9. The van der Waals surface area contributed by atoms with E-state index >= 15 is 0 Å². The maximum atomic E-state index is 3.63. The molecule has 0 fully saturated rings. The Morgan fingerprint density at radius 2 is 1.32 bits per heavy atom. The Balaban J connectivity index is 0.000000461. The van der Waals surface area contributed by atoms with Crippen LogP contribution in [-0.2, 0) is 0 Å². The molecule has 1 aromatic carbocycles. The highest BCUT2D eigenvalue weighted by atomic mass is 15.1. The molecule has 0 amide bonds. The van der Waals surface area contributed by atoms with Gasteiger partial charge in [-0.25, -0.2) is 0 Å². The Morgan fingerprint density at radius 3 is 1.68 bits per heavy atom. The summed E-state index contributed by atoms with van der Waals surface area (Å²) in [5, 5.41) is 0. The van der Waals surface area contributed by atoms with Gasteiger partial charge >= 0.3 is 0 Å². The zero-order valence-electron chi connectivity index (χ0n) is 15.2. The predicted molar refractivity (Wildman–Crippen MR) is 102 cm³/mol. The van der Waals surface area contributed by atoms with Crippen LogP contribution < -0.4 is 0 Å². The minimum absolute atomic E-state index is 1.17. The Labute approximate surface area is 139 Å². The highest BCUT2D eigenvalue weighted by Crippen LogP contribution is 2.03. The number of rotatable bonds is 11. The van der Waals surface area contributed by atoms with Crippen LogP contribution in [0.2, 0.25) is 0 Å². The normalized spacial score (nSPS) is 10.2. The van der Waals surface area contributed by atoms with Gasteiger partial charge in [0, 0.05) is 0 Å². The molecule has 1 nitrogen and oxygen atoms in total. The van der Waals surface area contributed by atoms with E-state index in [0.29, 0.717) is 0 Å². The summed E-state index contributed by atoms with van der Waals surface area (Å²) in [7, 11) is 2.26. The van der Waals surface area contributed by atoms with Crippen LogP contribution in [0.25, 0.3) is 6.08 Å². The van der Waals surface area contributed by atoms with Crippen molar-refractivity contribution in [1.29, 1.82) is 0 Å². The van der Waals surface area contributed by atoms with Gasteiger partial charge in [0.1, 0.15) is 0 Å². The van der Waals surface area contributed by atoms with Gasteiger partial charge in [-0.1, -0.05) is 95.4 Å². The zero-order valence-corrected chi connectivity index (χ0v) is 15.2. The second kappa shape index (κ2) is 16.3. The summed E-state index contributed by atoms with van der Waals surface area (Å²) in [4.78, 5) is 2.49. The number of benzene rings is 1. The minimum atomic E-state index is 1.17. The summed E-state index contributed by atoms with van der Waals surface area (Å²) >= 11 is 0. The van der Waals surface area contributed by atoms with Crippen molar-refractivity contribution in [2.45, 2.75) is 65.2 Å². The number of unbranched alkanes of at least 4 members (excludes halogenated alkanes) is 6. The molecule has 0 saturated carbocycles. The lowest BCUT2D eigenvalue weighted by atomic mass is 10.2. The second-order valence-electron chi connectivity index (χ2n) is 6.04. The van der Waals surface area contributed by atoms with Crippen molar-refractivity contribution in [3.8, 4) is 0 Å². The van der Waals surface area contributed by atoms with Gasteiger partial charge in [0.15, 0.2) is 0 Å². The summed E-state index contributed by atoms with van der Waals surface area (Å²) in [6, 6.07) is 10.0. The van der Waals surface area contributed by atoms with Crippen LogP contribution in [0.4, 0.5) is 0 Å². The Hall–Kier alpha value is -1.08. The molecular formula is C21H37N.